The third kappa shape index (κ3) is 4.84. The summed E-state index contributed by atoms with van der Waals surface area (Å²) in [6, 6.07) is 0.661. The van der Waals surface area contributed by atoms with Gasteiger partial charge in [0.05, 0.1) is 0 Å². The molecule has 0 bridgehead atoms. The Hall–Kier alpha value is -0.0800. The molecule has 0 saturated heterocycles. The highest BCUT2D eigenvalue weighted by Gasteiger charge is 2.28. The van der Waals surface area contributed by atoms with Crippen molar-refractivity contribution in [1.82, 2.24) is 10.2 Å². The van der Waals surface area contributed by atoms with Crippen molar-refractivity contribution in [3.63, 3.8) is 0 Å². The van der Waals surface area contributed by atoms with Gasteiger partial charge >= 0.3 is 0 Å². The van der Waals surface area contributed by atoms with Gasteiger partial charge in [0.1, 0.15) is 0 Å². The summed E-state index contributed by atoms with van der Waals surface area (Å²) >= 11 is 0. The van der Waals surface area contributed by atoms with E-state index in [9.17, 15) is 0 Å². The lowest BCUT2D eigenvalue weighted by Gasteiger charge is -2.39. The van der Waals surface area contributed by atoms with Crippen LogP contribution in [0.3, 0.4) is 0 Å². The molecule has 0 saturated carbocycles. The molecule has 0 rings (SSSR count). The standard InChI is InChI=1S/C14H32N2/c1-7-10-16(13(4)5)12-14(8-2,9-3)11-15-6/h13,15H,7-12H2,1-6H3. The lowest BCUT2D eigenvalue weighted by atomic mass is 9.81. The number of rotatable bonds is 9. The highest BCUT2D eigenvalue weighted by atomic mass is 15.2. The molecule has 1 N–H and O–H groups in total. The first kappa shape index (κ1) is 15.9. The third-order valence-electron chi connectivity index (χ3n) is 3.83. The van der Waals surface area contributed by atoms with Gasteiger partial charge in [0, 0.05) is 19.1 Å². The Morgan fingerprint density at radius 2 is 1.69 bits per heavy atom. The Balaban J connectivity index is 4.54. The Labute approximate surface area is 103 Å². The smallest absolute Gasteiger partial charge is 0.00526 e. The number of nitrogens with zero attached hydrogens (tertiary/aromatic N) is 1. The van der Waals surface area contributed by atoms with Gasteiger partial charge in [-0.2, -0.15) is 0 Å². The van der Waals surface area contributed by atoms with E-state index in [4.69, 9.17) is 0 Å². The van der Waals surface area contributed by atoms with Crippen molar-refractivity contribution in [2.45, 2.75) is 59.9 Å². The van der Waals surface area contributed by atoms with Gasteiger partial charge < -0.3 is 10.2 Å². The van der Waals surface area contributed by atoms with E-state index >= 15 is 0 Å². The van der Waals surface area contributed by atoms with Crippen LogP contribution in [-0.2, 0) is 0 Å². The predicted octanol–water partition coefficient (Wildman–Crippen LogP) is 3.13. The Morgan fingerprint density at radius 1 is 1.12 bits per heavy atom. The Morgan fingerprint density at radius 3 is 2.00 bits per heavy atom. The van der Waals surface area contributed by atoms with E-state index < -0.39 is 0 Å². The fourth-order valence-corrected chi connectivity index (χ4v) is 2.39. The average Bonchev–Trinajstić information content (AvgIpc) is 2.27. The minimum atomic E-state index is 0.453. The van der Waals surface area contributed by atoms with Crippen molar-refractivity contribution >= 4 is 0 Å². The van der Waals surface area contributed by atoms with Crippen LogP contribution in [0, 0.1) is 5.41 Å². The van der Waals surface area contributed by atoms with Gasteiger partial charge in [0.2, 0.25) is 0 Å². The van der Waals surface area contributed by atoms with Crippen molar-refractivity contribution in [1.29, 1.82) is 0 Å². The normalized spacial score (nSPS) is 12.8. The number of nitrogens with one attached hydrogen (secondary N) is 1. The van der Waals surface area contributed by atoms with Gasteiger partial charge in [-0.05, 0) is 52.1 Å². The summed E-state index contributed by atoms with van der Waals surface area (Å²) in [6.07, 6.45) is 3.77. The molecular weight excluding hydrogens is 196 g/mol. The third-order valence-corrected chi connectivity index (χ3v) is 3.83. The number of hydrogen-bond acceptors (Lipinski definition) is 2. The zero-order valence-electron chi connectivity index (χ0n) is 12.3. The summed E-state index contributed by atoms with van der Waals surface area (Å²) in [5.41, 5.74) is 0.453. The second kappa shape index (κ2) is 8.08. The molecule has 0 spiro atoms. The van der Waals surface area contributed by atoms with Crippen LogP contribution in [0.5, 0.6) is 0 Å². The average molecular weight is 228 g/mol. The van der Waals surface area contributed by atoms with Crippen molar-refractivity contribution in [3.05, 3.63) is 0 Å². The van der Waals surface area contributed by atoms with Crippen molar-refractivity contribution < 1.29 is 0 Å². The monoisotopic (exact) mass is 228 g/mol. The van der Waals surface area contributed by atoms with Gasteiger partial charge in [-0.25, -0.2) is 0 Å². The van der Waals surface area contributed by atoms with Crippen molar-refractivity contribution in [3.8, 4) is 0 Å². The molecule has 0 aromatic heterocycles. The molecule has 0 heterocycles. The Bertz CT molecular complexity index is 162. The van der Waals surface area contributed by atoms with E-state index in [0.717, 1.165) is 6.54 Å². The van der Waals surface area contributed by atoms with Crippen molar-refractivity contribution in [2.75, 3.05) is 26.7 Å². The summed E-state index contributed by atoms with van der Waals surface area (Å²) in [4.78, 5) is 2.63. The first-order chi connectivity index (χ1) is 7.55. The highest BCUT2D eigenvalue weighted by Crippen LogP contribution is 2.27. The van der Waals surface area contributed by atoms with Crippen LogP contribution < -0.4 is 5.32 Å². The summed E-state index contributed by atoms with van der Waals surface area (Å²) in [5, 5.41) is 3.37. The quantitative estimate of drug-likeness (QED) is 0.652. The first-order valence-corrected chi connectivity index (χ1v) is 6.93. The maximum Gasteiger partial charge on any atom is 0.00526 e. The van der Waals surface area contributed by atoms with E-state index in [-0.39, 0.29) is 0 Å². The minimum absolute atomic E-state index is 0.453. The van der Waals surface area contributed by atoms with Crippen LogP contribution in [-0.4, -0.2) is 37.6 Å². The SMILES string of the molecule is CCCN(CC(CC)(CC)CNC)C(C)C. The molecule has 2 nitrogen and oxygen atoms in total. The topological polar surface area (TPSA) is 15.3 Å². The molecule has 0 aromatic rings. The fourth-order valence-electron chi connectivity index (χ4n) is 2.39. The van der Waals surface area contributed by atoms with Gasteiger partial charge in [0.15, 0.2) is 0 Å². The second-order valence-corrected chi connectivity index (χ2v) is 5.30. The second-order valence-electron chi connectivity index (χ2n) is 5.30. The van der Waals surface area contributed by atoms with Crippen molar-refractivity contribution in [2.24, 2.45) is 5.41 Å². The maximum atomic E-state index is 3.37. The largest absolute Gasteiger partial charge is 0.319 e. The fraction of sp³-hybridized carbons (Fsp3) is 1.00. The molecular formula is C14H32N2. The van der Waals surface area contributed by atoms with Gasteiger partial charge in [-0.3, -0.25) is 0 Å². The molecule has 2 heteroatoms. The summed E-state index contributed by atoms with van der Waals surface area (Å²) in [5.74, 6) is 0. The van der Waals surface area contributed by atoms with Crippen LogP contribution in [0.4, 0.5) is 0 Å². The molecule has 0 amide bonds. The minimum Gasteiger partial charge on any atom is -0.319 e. The number of hydrogen-bond donors (Lipinski definition) is 1. The molecule has 0 radical (unpaired) electrons. The van der Waals surface area contributed by atoms with Crippen LogP contribution in [0.15, 0.2) is 0 Å². The molecule has 0 aliphatic carbocycles. The summed E-state index contributed by atoms with van der Waals surface area (Å²) in [6.45, 7) is 15.1. The Kier molecular flexibility index (Phi) is 8.04. The van der Waals surface area contributed by atoms with Gasteiger partial charge in [0.25, 0.3) is 0 Å². The van der Waals surface area contributed by atoms with Crippen LogP contribution in [0.2, 0.25) is 0 Å². The van der Waals surface area contributed by atoms with E-state index in [2.05, 4.69) is 51.9 Å². The van der Waals surface area contributed by atoms with Crippen LogP contribution >= 0.6 is 0 Å². The molecule has 98 valence electrons. The zero-order valence-corrected chi connectivity index (χ0v) is 12.3. The predicted molar refractivity (Wildman–Crippen MR) is 73.9 cm³/mol. The first-order valence-electron chi connectivity index (χ1n) is 6.93. The lowest BCUT2D eigenvalue weighted by Crippen LogP contribution is -2.45. The summed E-state index contributed by atoms with van der Waals surface area (Å²) in [7, 11) is 2.07. The maximum absolute atomic E-state index is 3.37. The lowest BCUT2D eigenvalue weighted by molar-refractivity contribution is 0.111. The van der Waals surface area contributed by atoms with E-state index in [1.165, 1.54) is 32.4 Å². The van der Waals surface area contributed by atoms with Crippen LogP contribution in [0.25, 0.3) is 0 Å². The van der Waals surface area contributed by atoms with E-state index in [1.54, 1.807) is 0 Å². The zero-order chi connectivity index (χ0) is 12.6. The van der Waals surface area contributed by atoms with Gasteiger partial charge in [-0.15, -0.1) is 0 Å². The molecule has 0 fully saturated rings. The molecule has 0 aliphatic rings. The summed E-state index contributed by atoms with van der Waals surface area (Å²) < 4.78 is 0. The van der Waals surface area contributed by atoms with E-state index in [1.807, 2.05) is 0 Å². The van der Waals surface area contributed by atoms with E-state index in [0.29, 0.717) is 11.5 Å². The molecule has 0 aromatic carbocycles. The van der Waals surface area contributed by atoms with Crippen LogP contribution in [0.1, 0.15) is 53.9 Å². The molecule has 0 aliphatic heterocycles. The molecule has 16 heavy (non-hydrogen) atoms. The molecule has 0 atom stereocenters. The molecule has 0 unspecified atom stereocenters. The van der Waals surface area contributed by atoms with Gasteiger partial charge in [-0.1, -0.05) is 20.8 Å². The highest BCUT2D eigenvalue weighted by molar-refractivity contribution is 4.83.